The molecular formula is C16H27N5O2. The van der Waals surface area contributed by atoms with Gasteiger partial charge in [-0.3, -0.25) is 0 Å². The summed E-state index contributed by atoms with van der Waals surface area (Å²) in [6.07, 6.45) is 1.80. The van der Waals surface area contributed by atoms with E-state index in [0.29, 0.717) is 13.2 Å². The van der Waals surface area contributed by atoms with Gasteiger partial charge in [-0.1, -0.05) is 0 Å². The van der Waals surface area contributed by atoms with Crippen LogP contribution in [0.2, 0.25) is 0 Å². The lowest BCUT2D eigenvalue weighted by Gasteiger charge is -2.33. The van der Waals surface area contributed by atoms with Crippen LogP contribution in [0.1, 0.15) is 12.5 Å². The molecule has 0 bridgehead atoms. The number of urea groups is 1. The largest absolute Gasteiger partial charge is 0.383 e. The normalized spacial score (nSPS) is 16.9. The molecule has 1 aromatic heterocycles. The Morgan fingerprint density at radius 2 is 2.13 bits per heavy atom. The quantitative estimate of drug-likeness (QED) is 0.806. The standard InChI is InChI=1S/C16H27N5O2/c1-13(12-23-3)19-16(22)18-11-14-4-5-17-15(10-14)21-8-6-20(2)7-9-21/h4-5,10,13H,6-9,11-12H2,1-3H3,(H2,18,19,22)/t13-/m1/s1. The maximum Gasteiger partial charge on any atom is 0.315 e. The van der Waals surface area contributed by atoms with Crippen LogP contribution in [0.25, 0.3) is 0 Å². The van der Waals surface area contributed by atoms with Crippen molar-refractivity contribution in [3.05, 3.63) is 23.9 Å². The second kappa shape index (κ2) is 8.69. The number of piperazine rings is 1. The van der Waals surface area contributed by atoms with Crippen LogP contribution < -0.4 is 15.5 Å². The van der Waals surface area contributed by atoms with Gasteiger partial charge in [-0.25, -0.2) is 9.78 Å². The van der Waals surface area contributed by atoms with Crippen molar-refractivity contribution in [2.45, 2.75) is 19.5 Å². The molecule has 1 aliphatic rings. The maximum atomic E-state index is 11.8. The number of carbonyl (C=O) groups excluding carboxylic acids is 1. The van der Waals surface area contributed by atoms with Crippen molar-refractivity contribution >= 4 is 11.8 Å². The van der Waals surface area contributed by atoms with Crippen LogP contribution in [-0.2, 0) is 11.3 Å². The summed E-state index contributed by atoms with van der Waals surface area (Å²) in [5, 5.41) is 5.69. The summed E-state index contributed by atoms with van der Waals surface area (Å²) < 4.78 is 5.00. The molecule has 2 heterocycles. The van der Waals surface area contributed by atoms with Gasteiger partial charge >= 0.3 is 6.03 Å². The molecule has 0 saturated carbocycles. The van der Waals surface area contributed by atoms with Gasteiger partial charge in [0.15, 0.2) is 0 Å². The SMILES string of the molecule is COC[C@@H](C)NC(=O)NCc1ccnc(N2CCN(C)CC2)c1. The first kappa shape index (κ1) is 17.5. The highest BCUT2D eigenvalue weighted by Gasteiger charge is 2.15. The first-order valence-corrected chi connectivity index (χ1v) is 8.00. The van der Waals surface area contributed by atoms with Gasteiger partial charge < -0.3 is 25.2 Å². The van der Waals surface area contributed by atoms with Crippen molar-refractivity contribution in [3.63, 3.8) is 0 Å². The molecular weight excluding hydrogens is 294 g/mol. The lowest BCUT2D eigenvalue weighted by molar-refractivity contribution is 0.171. The third-order valence-corrected chi connectivity index (χ3v) is 3.88. The zero-order chi connectivity index (χ0) is 16.7. The number of rotatable bonds is 6. The molecule has 128 valence electrons. The van der Waals surface area contributed by atoms with E-state index < -0.39 is 0 Å². The van der Waals surface area contributed by atoms with Crippen LogP contribution in [0.5, 0.6) is 0 Å². The van der Waals surface area contributed by atoms with Gasteiger partial charge in [0.2, 0.25) is 0 Å². The molecule has 0 spiro atoms. The minimum atomic E-state index is -0.187. The Hall–Kier alpha value is -1.86. The maximum absolute atomic E-state index is 11.8. The summed E-state index contributed by atoms with van der Waals surface area (Å²) in [6, 6.07) is 3.77. The summed E-state index contributed by atoms with van der Waals surface area (Å²) in [5.41, 5.74) is 1.04. The van der Waals surface area contributed by atoms with E-state index in [0.717, 1.165) is 37.6 Å². The van der Waals surface area contributed by atoms with Crippen molar-refractivity contribution in [1.82, 2.24) is 20.5 Å². The topological polar surface area (TPSA) is 69.7 Å². The monoisotopic (exact) mass is 321 g/mol. The molecule has 1 atom stereocenters. The summed E-state index contributed by atoms with van der Waals surface area (Å²) in [5.74, 6) is 0.977. The molecule has 1 saturated heterocycles. The van der Waals surface area contributed by atoms with Crippen molar-refractivity contribution in [1.29, 1.82) is 0 Å². The number of amides is 2. The predicted molar refractivity (Wildman–Crippen MR) is 90.7 cm³/mol. The molecule has 7 heteroatoms. The molecule has 0 aromatic carbocycles. The highest BCUT2D eigenvalue weighted by Crippen LogP contribution is 2.14. The Morgan fingerprint density at radius 3 is 2.83 bits per heavy atom. The van der Waals surface area contributed by atoms with Gasteiger partial charge in [-0.05, 0) is 31.7 Å². The van der Waals surface area contributed by atoms with Crippen LogP contribution in [0, 0.1) is 0 Å². The molecule has 0 aliphatic carbocycles. The van der Waals surface area contributed by atoms with Crippen LogP contribution in [0.15, 0.2) is 18.3 Å². The Balaban J connectivity index is 1.84. The molecule has 2 rings (SSSR count). The number of nitrogens with one attached hydrogen (secondary N) is 2. The lowest BCUT2D eigenvalue weighted by Crippen LogP contribution is -2.45. The van der Waals surface area contributed by atoms with Gasteiger partial charge in [-0.15, -0.1) is 0 Å². The average Bonchev–Trinajstić information content (AvgIpc) is 2.54. The van der Waals surface area contributed by atoms with Crippen LogP contribution >= 0.6 is 0 Å². The highest BCUT2D eigenvalue weighted by molar-refractivity contribution is 5.74. The number of hydrogen-bond acceptors (Lipinski definition) is 5. The van der Waals surface area contributed by atoms with Gasteiger partial charge in [0.1, 0.15) is 5.82 Å². The molecule has 2 amide bonds. The molecule has 1 aromatic rings. The van der Waals surface area contributed by atoms with Gasteiger partial charge in [0.25, 0.3) is 0 Å². The number of methoxy groups -OCH3 is 1. The number of nitrogens with zero attached hydrogens (tertiary/aromatic N) is 3. The molecule has 1 fully saturated rings. The summed E-state index contributed by atoms with van der Waals surface area (Å²) >= 11 is 0. The number of carbonyl (C=O) groups is 1. The number of anilines is 1. The van der Waals surface area contributed by atoms with Crippen molar-refractivity contribution in [2.75, 3.05) is 51.8 Å². The number of aromatic nitrogens is 1. The summed E-state index contributed by atoms with van der Waals surface area (Å²) in [4.78, 5) is 20.9. The third kappa shape index (κ3) is 5.69. The molecule has 2 N–H and O–H groups in total. The van der Waals surface area contributed by atoms with E-state index in [4.69, 9.17) is 4.74 Å². The number of likely N-dealkylation sites (N-methyl/N-ethyl adjacent to an activating group) is 1. The van der Waals surface area contributed by atoms with Gasteiger partial charge in [0, 0.05) is 46.0 Å². The van der Waals surface area contributed by atoms with E-state index in [-0.39, 0.29) is 12.1 Å². The number of ether oxygens (including phenoxy) is 1. The van der Waals surface area contributed by atoms with E-state index in [1.807, 2.05) is 19.1 Å². The van der Waals surface area contributed by atoms with Crippen LogP contribution in [0.3, 0.4) is 0 Å². The van der Waals surface area contributed by atoms with E-state index >= 15 is 0 Å². The first-order chi connectivity index (χ1) is 11.1. The zero-order valence-electron chi connectivity index (χ0n) is 14.2. The first-order valence-electron chi connectivity index (χ1n) is 8.00. The van der Waals surface area contributed by atoms with E-state index in [1.54, 1.807) is 13.3 Å². The Morgan fingerprint density at radius 1 is 1.39 bits per heavy atom. The fraction of sp³-hybridized carbons (Fsp3) is 0.625. The van der Waals surface area contributed by atoms with Crippen LogP contribution in [0.4, 0.5) is 10.6 Å². The van der Waals surface area contributed by atoms with Gasteiger partial charge in [0.05, 0.1) is 12.6 Å². The molecule has 0 unspecified atom stereocenters. The van der Waals surface area contributed by atoms with Crippen molar-refractivity contribution < 1.29 is 9.53 Å². The Labute approximate surface area is 138 Å². The average molecular weight is 321 g/mol. The van der Waals surface area contributed by atoms with Crippen molar-refractivity contribution in [2.24, 2.45) is 0 Å². The fourth-order valence-corrected chi connectivity index (χ4v) is 2.53. The van der Waals surface area contributed by atoms with Gasteiger partial charge in [-0.2, -0.15) is 0 Å². The molecule has 0 radical (unpaired) electrons. The Kier molecular flexibility index (Phi) is 6.61. The Bertz CT molecular complexity index is 503. The molecule has 7 nitrogen and oxygen atoms in total. The minimum Gasteiger partial charge on any atom is -0.383 e. The highest BCUT2D eigenvalue weighted by atomic mass is 16.5. The van der Waals surface area contributed by atoms with E-state index in [2.05, 4.69) is 32.5 Å². The fourth-order valence-electron chi connectivity index (χ4n) is 2.53. The van der Waals surface area contributed by atoms with Crippen LogP contribution in [-0.4, -0.2) is 68.9 Å². The third-order valence-electron chi connectivity index (χ3n) is 3.88. The number of pyridine rings is 1. The second-order valence-corrected chi connectivity index (χ2v) is 6.00. The summed E-state index contributed by atoms with van der Waals surface area (Å²) in [7, 11) is 3.75. The lowest BCUT2D eigenvalue weighted by atomic mass is 10.2. The zero-order valence-corrected chi connectivity index (χ0v) is 14.2. The van der Waals surface area contributed by atoms with Crippen molar-refractivity contribution in [3.8, 4) is 0 Å². The smallest absolute Gasteiger partial charge is 0.315 e. The summed E-state index contributed by atoms with van der Waals surface area (Å²) in [6.45, 7) is 6.94. The molecule has 1 aliphatic heterocycles. The number of hydrogen-bond donors (Lipinski definition) is 2. The second-order valence-electron chi connectivity index (χ2n) is 6.00. The predicted octanol–water partition coefficient (Wildman–Crippen LogP) is 0.668. The molecule has 23 heavy (non-hydrogen) atoms. The van der Waals surface area contributed by atoms with E-state index in [1.165, 1.54) is 0 Å². The minimum absolute atomic E-state index is 0.0154. The van der Waals surface area contributed by atoms with E-state index in [9.17, 15) is 4.79 Å².